The van der Waals surface area contributed by atoms with Crippen molar-refractivity contribution in [2.24, 2.45) is 5.73 Å². The molecule has 0 bridgehead atoms. The average Bonchev–Trinajstić information content (AvgIpc) is 2.51. The molecular formula is C12H17NO2S. The number of thioether (sulfide) groups is 1. The maximum atomic E-state index is 6.20. The summed E-state index contributed by atoms with van der Waals surface area (Å²) in [6.07, 6.45) is 0.987. The predicted molar refractivity (Wildman–Crippen MR) is 67.3 cm³/mol. The van der Waals surface area contributed by atoms with Gasteiger partial charge in [-0.15, -0.1) is 0 Å². The first-order valence-electron chi connectivity index (χ1n) is 5.35. The largest absolute Gasteiger partial charge is 0.496 e. The molecule has 1 aromatic rings. The number of benzene rings is 1. The van der Waals surface area contributed by atoms with Crippen LogP contribution in [-0.2, 0) is 5.75 Å². The van der Waals surface area contributed by atoms with Gasteiger partial charge in [-0.25, -0.2) is 0 Å². The average molecular weight is 239 g/mol. The summed E-state index contributed by atoms with van der Waals surface area (Å²) in [5, 5.41) is 0. The summed E-state index contributed by atoms with van der Waals surface area (Å²) in [5.74, 6) is 3.83. The summed E-state index contributed by atoms with van der Waals surface area (Å²) in [7, 11) is 3.38. The standard InChI is InChI=1S/C12H17NO2S/c1-14-10-3-4-11(15-2)12-8(10)7-16-6-5-9(12)13/h3-4,9H,5-7,13H2,1-2H3/t9-/m0/s1. The molecule has 0 aliphatic carbocycles. The molecule has 0 radical (unpaired) electrons. The topological polar surface area (TPSA) is 44.5 Å². The Balaban J connectivity index is 2.56. The summed E-state index contributed by atoms with van der Waals surface area (Å²) in [4.78, 5) is 0. The molecule has 0 saturated heterocycles. The highest BCUT2D eigenvalue weighted by Crippen LogP contribution is 2.40. The predicted octanol–water partition coefficient (Wildman–Crippen LogP) is 2.34. The lowest BCUT2D eigenvalue weighted by Gasteiger charge is -2.18. The first-order chi connectivity index (χ1) is 7.77. The molecule has 1 aromatic carbocycles. The Bertz CT molecular complexity index is 382. The summed E-state index contributed by atoms with van der Waals surface area (Å²) in [6, 6.07) is 3.94. The normalized spacial score (nSPS) is 19.8. The van der Waals surface area contributed by atoms with E-state index in [1.807, 2.05) is 23.9 Å². The second-order valence-electron chi connectivity index (χ2n) is 3.81. The Morgan fingerprint density at radius 1 is 1.25 bits per heavy atom. The first kappa shape index (κ1) is 11.6. The smallest absolute Gasteiger partial charge is 0.124 e. The van der Waals surface area contributed by atoms with Gasteiger partial charge in [0.25, 0.3) is 0 Å². The quantitative estimate of drug-likeness (QED) is 0.860. The van der Waals surface area contributed by atoms with Gasteiger partial charge < -0.3 is 15.2 Å². The molecule has 0 amide bonds. The SMILES string of the molecule is COc1ccc(OC)c2c1CSCC[C@@H]2N. The highest BCUT2D eigenvalue weighted by molar-refractivity contribution is 7.98. The van der Waals surface area contributed by atoms with E-state index in [1.54, 1.807) is 14.2 Å². The second kappa shape index (κ2) is 4.97. The zero-order chi connectivity index (χ0) is 11.5. The summed E-state index contributed by atoms with van der Waals surface area (Å²) in [6.45, 7) is 0. The van der Waals surface area contributed by atoms with Crippen molar-refractivity contribution in [1.82, 2.24) is 0 Å². The van der Waals surface area contributed by atoms with Gasteiger partial charge >= 0.3 is 0 Å². The Morgan fingerprint density at radius 3 is 2.62 bits per heavy atom. The third-order valence-corrected chi connectivity index (χ3v) is 3.92. The van der Waals surface area contributed by atoms with Gasteiger partial charge in [0.05, 0.1) is 14.2 Å². The minimum atomic E-state index is 0.0510. The molecule has 2 N–H and O–H groups in total. The number of ether oxygens (including phenoxy) is 2. The van der Waals surface area contributed by atoms with Gasteiger partial charge in [-0.2, -0.15) is 11.8 Å². The van der Waals surface area contributed by atoms with Crippen LogP contribution in [0.15, 0.2) is 12.1 Å². The first-order valence-corrected chi connectivity index (χ1v) is 6.50. The molecule has 88 valence electrons. The Kier molecular flexibility index (Phi) is 3.61. The van der Waals surface area contributed by atoms with Crippen LogP contribution in [0.25, 0.3) is 0 Å². The van der Waals surface area contributed by atoms with Crippen LogP contribution in [-0.4, -0.2) is 20.0 Å². The number of fused-ring (bicyclic) bond motifs is 1. The monoisotopic (exact) mass is 239 g/mol. The molecule has 0 fully saturated rings. The maximum absolute atomic E-state index is 6.20. The van der Waals surface area contributed by atoms with Gasteiger partial charge in [-0.1, -0.05) is 0 Å². The Hall–Kier alpha value is -0.870. The number of nitrogens with two attached hydrogens (primary N) is 1. The molecule has 0 spiro atoms. The summed E-state index contributed by atoms with van der Waals surface area (Å²) >= 11 is 1.90. The van der Waals surface area contributed by atoms with Crippen molar-refractivity contribution in [3.05, 3.63) is 23.3 Å². The van der Waals surface area contributed by atoms with Crippen molar-refractivity contribution in [2.45, 2.75) is 18.2 Å². The van der Waals surface area contributed by atoms with Crippen LogP contribution >= 0.6 is 11.8 Å². The van der Waals surface area contributed by atoms with Crippen LogP contribution in [0.4, 0.5) is 0 Å². The van der Waals surface area contributed by atoms with Gasteiger partial charge in [0.15, 0.2) is 0 Å². The lowest BCUT2D eigenvalue weighted by atomic mass is 9.98. The van der Waals surface area contributed by atoms with Crippen LogP contribution in [0.2, 0.25) is 0 Å². The van der Waals surface area contributed by atoms with E-state index in [9.17, 15) is 0 Å². The molecular weight excluding hydrogens is 222 g/mol. The van der Waals surface area contributed by atoms with Crippen molar-refractivity contribution in [1.29, 1.82) is 0 Å². The molecule has 0 saturated carbocycles. The molecule has 1 heterocycles. The van der Waals surface area contributed by atoms with Crippen LogP contribution in [0.3, 0.4) is 0 Å². The van der Waals surface area contributed by atoms with Crippen molar-refractivity contribution >= 4 is 11.8 Å². The van der Waals surface area contributed by atoms with Gasteiger partial charge in [0.1, 0.15) is 11.5 Å². The van der Waals surface area contributed by atoms with Crippen molar-refractivity contribution < 1.29 is 9.47 Å². The lowest BCUT2D eigenvalue weighted by molar-refractivity contribution is 0.392. The van der Waals surface area contributed by atoms with Gasteiger partial charge in [0.2, 0.25) is 0 Å². The third-order valence-electron chi connectivity index (χ3n) is 2.90. The summed E-state index contributed by atoms with van der Waals surface area (Å²) < 4.78 is 10.8. The highest BCUT2D eigenvalue weighted by atomic mass is 32.2. The van der Waals surface area contributed by atoms with Crippen molar-refractivity contribution in [3.63, 3.8) is 0 Å². The van der Waals surface area contributed by atoms with Crippen molar-refractivity contribution in [3.8, 4) is 11.5 Å². The van der Waals surface area contributed by atoms with E-state index in [4.69, 9.17) is 15.2 Å². The van der Waals surface area contributed by atoms with E-state index < -0.39 is 0 Å². The maximum Gasteiger partial charge on any atom is 0.124 e. The van der Waals surface area contributed by atoms with Gasteiger partial charge in [-0.3, -0.25) is 0 Å². The van der Waals surface area contributed by atoms with Gasteiger partial charge in [0, 0.05) is 22.9 Å². The van der Waals surface area contributed by atoms with E-state index >= 15 is 0 Å². The van der Waals surface area contributed by atoms with Crippen LogP contribution < -0.4 is 15.2 Å². The molecule has 3 nitrogen and oxygen atoms in total. The molecule has 0 aromatic heterocycles. The molecule has 16 heavy (non-hydrogen) atoms. The lowest BCUT2D eigenvalue weighted by Crippen LogP contribution is -2.13. The fourth-order valence-electron chi connectivity index (χ4n) is 2.08. The van der Waals surface area contributed by atoms with E-state index in [1.165, 1.54) is 5.56 Å². The Morgan fingerprint density at radius 2 is 1.94 bits per heavy atom. The third kappa shape index (κ3) is 1.99. The second-order valence-corrected chi connectivity index (χ2v) is 4.92. The van der Waals surface area contributed by atoms with Crippen LogP contribution in [0.1, 0.15) is 23.6 Å². The number of methoxy groups -OCH3 is 2. The summed E-state index contributed by atoms with van der Waals surface area (Å²) in [5.41, 5.74) is 8.51. The zero-order valence-electron chi connectivity index (χ0n) is 9.66. The zero-order valence-corrected chi connectivity index (χ0v) is 10.5. The number of hydrogen-bond donors (Lipinski definition) is 1. The fourth-order valence-corrected chi connectivity index (χ4v) is 3.14. The van der Waals surface area contributed by atoms with Gasteiger partial charge in [-0.05, 0) is 24.3 Å². The van der Waals surface area contributed by atoms with E-state index in [0.717, 1.165) is 35.0 Å². The molecule has 2 rings (SSSR count). The molecule has 4 heteroatoms. The minimum Gasteiger partial charge on any atom is -0.496 e. The molecule has 0 unspecified atom stereocenters. The van der Waals surface area contributed by atoms with Crippen molar-refractivity contribution in [2.75, 3.05) is 20.0 Å². The molecule has 1 aliphatic heterocycles. The number of hydrogen-bond acceptors (Lipinski definition) is 4. The number of rotatable bonds is 2. The fraction of sp³-hybridized carbons (Fsp3) is 0.500. The van der Waals surface area contributed by atoms with E-state index in [0.29, 0.717) is 0 Å². The van der Waals surface area contributed by atoms with Crippen LogP contribution in [0, 0.1) is 0 Å². The highest BCUT2D eigenvalue weighted by Gasteiger charge is 2.22. The molecule has 1 aliphatic rings. The van der Waals surface area contributed by atoms with E-state index in [-0.39, 0.29) is 6.04 Å². The van der Waals surface area contributed by atoms with Crippen LogP contribution in [0.5, 0.6) is 11.5 Å². The molecule has 1 atom stereocenters. The Labute approximate surface area is 100 Å². The van der Waals surface area contributed by atoms with E-state index in [2.05, 4.69) is 0 Å². The minimum absolute atomic E-state index is 0.0510.